The number of ether oxygens (including phenoxy) is 2. The molecule has 0 spiro atoms. The Hall–Kier alpha value is -3.34. The summed E-state index contributed by atoms with van der Waals surface area (Å²) in [5.41, 5.74) is 1.88. The van der Waals surface area contributed by atoms with Gasteiger partial charge in [0.25, 0.3) is 0 Å². The van der Waals surface area contributed by atoms with Crippen LogP contribution in [0.5, 0.6) is 11.5 Å². The van der Waals surface area contributed by atoms with Crippen LogP contribution in [-0.4, -0.2) is 65.8 Å². The lowest BCUT2D eigenvalue weighted by molar-refractivity contribution is -0.123. The molecular formula is C31H39ClFN5O4. The lowest BCUT2D eigenvalue weighted by Gasteiger charge is -2.25. The van der Waals surface area contributed by atoms with E-state index in [4.69, 9.17) is 21.1 Å². The molecular weight excluding hydrogens is 561 g/mol. The molecule has 3 aromatic rings. The zero-order chi connectivity index (χ0) is 30.1. The van der Waals surface area contributed by atoms with Gasteiger partial charge in [0.1, 0.15) is 29.5 Å². The van der Waals surface area contributed by atoms with E-state index in [2.05, 4.69) is 20.6 Å². The Balaban J connectivity index is 1.60. The molecule has 1 aromatic heterocycles. The first-order valence-electron chi connectivity index (χ1n) is 14.5. The average Bonchev–Trinajstić information content (AvgIpc) is 2.95. The van der Waals surface area contributed by atoms with Crippen molar-refractivity contribution in [2.75, 3.05) is 38.7 Å². The van der Waals surface area contributed by atoms with Crippen molar-refractivity contribution < 1.29 is 23.5 Å². The Bertz CT molecular complexity index is 1410. The number of Topliss-reactive ketones (excluding diaryl/α,β-unsaturated/α-hetero) is 2. The topological polar surface area (TPSA) is 106 Å². The molecule has 0 aliphatic carbocycles. The normalized spacial score (nSPS) is 16.6. The van der Waals surface area contributed by atoms with Gasteiger partial charge in [-0.25, -0.2) is 14.4 Å². The summed E-state index contributed by atoms with van der Waals surface area (Å²) in [4.78, 5) is 34.8. The van der Waals surface area contributed by atoms with E-state index in [0.717, 1.165) is 25.9 Å². The lowest BCUT2D eigenvalue weighted by Crippen LogP contribution is -2.35. The number of hydrogen-bond acceptors (Lipinski definition) is 9. The first kappa shape index (κ1) is 31.6. The summed E-state index contributed by atoms with van der Waals surface area (Å²) in [7, 11) is 1.85. The first-order valence-corrected chi connectivity index (χ1v) is 14.8. The molecule has 1 aliphatic rings. The summed E-state index contributed by atoms with van der Waals surface area (Å²) in [6.07, 6.45) is 5.45. The van der Waals surface area contributed by atoms with Gasteiger partial charge in [0.2, 0.25) is 0 Å². The molecule has 2 bridgehead atoms. The quantitative estimate of drug-likeness (QED) is 0.293. The third kappa shape index (κ3) is 8.59. The summed E-state index contributed by atoms with van der Waals surface area (Å²) in [6, 6.07) is 6.27. The maximum atomic E-state index is 14.5. The van der Waals surface area contributed by atoms with E-state index >= 15 is 0 Å². The smallest absolute Gasteiger partial charge is 0.163 e. The molecule has 1 atom stereocenters. The minimum atomic E-state index is -0.532. The Morgan fingerprint density at radius 2 is 2.02 bits per heavy atom. The Morgan fingerprint density at radius 3 is 2.83 bits per heavy atom. The van der Waals surface area contributed by atoms with Crippen LogP contribution in [0.25, 0.3) is 10.9 Å². The van der Waals surface area contributed by atoms with E-state index in [1.807, 2.05) is 31.0 Å². The van der Waals surface area contributed by atoms with Gasteiger partial charge in [0.05, 0.1) is 29.8 Å². The van der Waals surface area contributed by atoms with Gasteiger partial charge in [-0.2, -0.15) is 0 Å². The molecule has 4 rings (SSSR count). The SMILES string of the molecule is CC(=O)CCCNCCCOc1cc2ncnc3c2cc1OCCCCC(=O)[C@@H](C)N(C)Cc1cc(F)c(Cl)cc1N3. The molecule has 2 heterocycles. The Labute approximate surface area is 251 Å². The lowest BCUT2D eigenvalue weighted by atomic mass is 10.1. The highest BCUT2D eigenvalue weighted by Gasteiger charge is 2.21. The number of fused-ring (bicyclic) bond motifs is 2. The second-order valence-electron chi connectivity index (χ2n) is 10.7. The fourth-order valence-electron chi connectivity index (χ4n) is 4.76. The standard InChI is InChI=1S/C31H39ClFN5O4/c1-20(39)8-6-10-34-11-7-13-42-30-17-27-23-15-29(30)41-12-5-4-9-28(40)21(2)38(3)18-22-14-25(33)24(32)16-26(22)37-31(23)36-19-35-27/h14-17,19,21,34H,4-13,18H2,1-3H3,(H,35,36,37)/t21-/m1/s1. The molecule has 11 heteroatoms. The third-order valence-electron chi connectivity index (χ3n) is 7.36. The van der Waals surface area contributed by atoms with Crippen LogP contribution < -0.4 is 20.1 Å². The molecule has 0 amide bonds. The molecule has 1 aliphatic heterocycles. The Morgan fingerprint density at radius 1 is 1.21 bits per heavy atom. The number of halogens is 2. The number of anilines is 2. The average molecular weight is 600 g/mol. The van der Waals surface area contributed by atoms with Crippen molar-refractivity contribution in [3.63, 3.8) is 0 Å². The number of ketones is 2. The van der Waals surface area contributed by atoms with Gasteiger partial charge in [0, 0.05) is 36.5 Å². The predicted molar refractivity (Wildman–Crippen MR) is 162 cm³/mol. The fraction of sp³-hybridized carbons (Fsp3) is 0.484. The molecule has 226 valence electrons. The summed E-state index contributed by atoms with van der Waals surface area (Å²) in [5.74, 6) is 1.42. The molecule has 0 fully saturated rings. The van der Waals surface area contributed by atoms with E-state index in [1.54, 1.807) is 6.92 Å². The number of likely N-dealkylation sites (N-methyl/N-ethyl adjacent to an activating group) is 1. The number of benzene rings is 2. The van der Waals surface area contributed by atoms with Gasteiger partial charge in [-0.05, 0) is 83.4 Å². The van der Waals surface area contributed by atoms with Crippen molar-refractivity contribution in [3.05, 3.63) is 47.0 Å². The number of carbonyl (C=O) groups is 2. The van der Waals surface area contributed by atoms with Gasteiger partial charge >= 0.3 is 0 Å². The minimum Gasteiger partial charge on any atom is -0.490 e. The second kappa shape index (κ2) is 15.2. The van der Waals surface area contributed by atoms with E-state index in [0.29, 0.717) is 84.9 Å². The zero-order valence-corrected chi connectivity index (χ0v) is 25.2. The molecule has 9 nitrogen and oxygen atoms in total. The van der Waals surface area contributed by atoms with Gasteiger partial charge in [-0.3, -0.25) is 9.69 Å². The van der Waals surface area contributed by atoms with Crippen molar-refractivity contribution in [2.45, 2.75) is 65.0 Å². The van der Waals surface area contributed by atoms with Crippen molar-refractivity contribution in [1.82, 2.24) is 20.2 Å². The Kier molecular flexibility index (Phi) is 11.5. The minimum absolute atomic E-state index is 0.0196. The molecule has 2 aromatic carbocycles. The largest absolute Gasteiger partial charge is 0.490 e. The number of carbonyl (C=O) groups excluding carboxylic acids is 2. The van der Waals surface area contributed by atoms with Gasteiger partial charge < -0.3 is 24.9 Å². The van der Waals surface area contributed by atoms with Gasteiger partial charge in [0.15, 0.2) is 11.5 Å². The summed E-state index contributed by atoms with van der Waals surface area (Å²) in [5, 5.41) is 7.34. The second-order valence-corrected chi connectivity index (χ2v) is 11.1. The van der Waals surface area contributed by atoms with E-state index in [-0.39, 0.29) is 22.6 Å². The monoisotopic (exact) mass is 599 g/mol. The van der Waals surface area contributed by atoms with E-state index < -0.39 is 5.82 Å². The molecule has 0 saturated heterocycles. The summed E-state index contributed by atoms with van der Waals surface area (Å²) >= 11 is 6.18. The van der Waals surface area contributed by atoms with Crippen molar-refractivity contribution in [1.29, 1.82) is 0 Å². The van der Waals surface area contributed by atoms with Gasteiger partial charge in [-0.15, -0.1) is 0 Å². The van der Waals surface area contributed by atoms with E-state index in [1.165, 1.54) is 18.5 Å². The molecule has 2 N–H and O–H groups in total. The summed E-state index contributed by atoms with van der Waals surface area (Å²) < 4.78 is 26.8. The predicted octanol–water partition coefficient (Wildman–Crippen LogP) is 5.85. The van der Waals surface area contributed by atoms with Crippen LogP contribution in [0.3, 0.4) is 0 Å². The van der Waals surface area contributed by atoms with Crippen LogP contribution in [0.2, 0.25) is 5.02 Å². The number of rotatable bonds is 9. The third-order valence-corrected chi connectivity index (χ3v) is 7.65. The van der Waals surface area contributed by atoms with Crippen LogP contribution in [0.4, 0.5) is 15.9 Å². The molecule has 0 radical (unpaired) electrons. The van der Waals surface area contributed by atoms with Crippen LogP contribution >= 0.6 is 11.6 Å². The van der Waals surface area contributed by atoms with Crippen LogP contribution in [0, 0.1) is 5.82 Å². The highest BCUT2D eigenvalue weighted by atomic mass is 35.5. The van der Waals surface area contributed by atoms with Crippen LogP contribution in [-0.2, 0) is 16.1 Å². The van der Waals surface area contributed by atoms with Crippen molar-refractivity contribution >= 4 is 45.6 Å². The van der Waals surface area contributed by atoms with Crippen molar-refractivity contribution in [2.24, 2.45) is 0 Å². The van der Waals surface area contributed by atoms with Gasteiger partial charge in [-0.1, -0.05) is 11.6 Å². The highest BCUT2D eigenvalue weighted by Crippen LogP contribution is 2.36. The van der Waals surface area contributed by atoms with Crippen molar-refractivity contribution in [3.8, 4) is 11.5 Å². The first-order chi connectivity index (χ1) is 20.2. The molecule has 42 heavy (non-hydrogen) atoms. The van der Waals surface area contributed by atoms with Crippen LogP contribution in [0.15, 0.2) is 30.6 Å². The van der Waals surface area contributed by atoms with Crippen LogP contribution in [0.1, 0.15) is 57.9 Å². The molecule has 0 saturated carbocycles. The fourth-order valence-corrected chi connectivity index (χ4v) is 4.93. The maximum absolute atomic E-state index is 14.5. The number of aromatic nitrogens is 2. The highest BCUT2D eigenvalue weighted by molar-refractivity contribution is 6.31. The maximum Gasteiger partial charge on any atom is 0.163 e. The summed E-state index contributed by atoms with van der Waals surface area (Å²) in [6.45, 7) is 6.25. The number of hydrogen-bond donors (Lipinski definition) is 2. The number of nitrogens with one attached hydrogen (secondary N) is 2. The molecule has 0 unspecified atom stereocenters. The zero-order valence-electron chi connectivity index (χ0n) is 24.5. The number of nitrogens with zero attached hydrogens (tertiary/aromatic N) is 3. The van der Waals surface area contributed by atoms with E-state index in [9.17, 15) is 14.0 Å².